The number of carbonyl (C=O) groups is 2. The van der Waals surface area contributed by atoms with Crippen LogP contribution >= 0.6 is 23.2 Å². The summed E-state index contributed by atoms with van der Waals surface area (Å²) in [5.41, 5.74) is 0.323. The van der Waals surface area contributed by atoms with Gasteiger partial charge in [0.15, 0.2) is 0 Å². The van der Waals surface area contributed by atoms with Gasteiger partial charge in [-0.15, -0.1) is 0 Å². The summed E-state index contributed by atoms with van der Waals surface area (Å²) >= 11 is 11.4. The molecule has 1 aromatic rings. The third-order valence-electron chi connectivity index (χ3n) is 2.02. The quantitative estimate of drug-likeness (QED) is 0.875. The van der Waals surface area contributed by atoms with E-state index in [-0.39, 0.29) is 5.02 Å². The van der Waals surface area contributed by atoms with Crippen molar-refractivity contribution in [2.75, 3.05) is 0 Å². The number of benzene rings is 1. The SMILES string of the molecule is O=C(O)C[C@H](C(=O)O)c1ccc(Cl)c(Cl)c1. The molecule has 1 aromatic carbocycles. The van der Waals surface area contributed by atoms with Gasteiger partial charge in [0.2, 0.25) is 0 Å². The maximum absolute atomic E-state index is 10.9. The van der Waals surface area contributed by atoms with Gasteiger partial charge in [0.05, 0.1) is 22.4 Å². The van der Waals surface area contributed by atoms with E-state index in [1.807, 2.05) is 0 Å². The highest BCUT2D eigenvalue weighted by Gasteiger charge is 2.23. The number of hydrogen-bond acceptors (Lipinski definition) is 2. The van der Waals surface area contributed by atoms with Crippen LogP contribution < -0.4 is 0 Å². The minimum atomic E-state index is -1.21. The largest absolute Gasteiger partial charge is 0.481 e. The third-order valence-corrected chi connectivity index (χ3v) is 2.76. The molecule has 0 aliphatic carbocycles. The first-order chi connectivity index (χ1) is 7.41. The van der Waals surface area contributed by atoms with Crippen molar-refractivity contribution < 1.29 is 19.8 Å². The summed E-state index contributed by atoms with van der Waals surface area (Å²) in [6, 6.07) is 4.26. The topological polar surface area (TPSA) is 74.6 Å². The molecule has 0 radical (unpaired) electrons. The van der Waals surface area contributed by atoms with Gasteiger partial charge >= 0.3 is 11.9 Å². The summed E-state index contributed by atoms with van der Waals surface area (Å²) in [6.07, 6.45) is -0.493. The number of carboxylic acid groups (broad SMARTS) is 2. The Morgan fingerprint density at radius 2 is 1.81 bits per heavy atom. The van der Waals surface area contributed by atoms with Crippen LogP contribution in [0.1, 0.15) is 17.9 Å². The molecule has 0 aromatic heterocycles. The molecule has 6 heteroatoms. The Balaban J connectivity index is 3.06. The molecule has 0 spiro atoms. The van der Waals surface area contributed by atoms with Crippen LogP contribution in [0, 0.1) is 0 Å². The first kappa shape index (κ1) is 12.8. The lowest BCUT2D eigenvalue weighted by Crippen LogP contribution is -2.15. The lowest BCUT2D eigenvalue weighted by atomic mass is 9.96. The average molecular weight is 263 g/mol. The van der Waals surface area contributed by atoms with Gasteiger partial charge in [0.1, 0.15) is 0 Å². The van der Waals surface area contributed by atoms with Crippen LogP contribution in [0.3, 0.4) is 0 Å². The molecule has 0 unspecified atom stereocenters. The lowest BCUT2D eigenvalue weighted by Gasteiger charge is -2.10. The zero-order chi connectivity index (χ0) is 12.3. The van der Waals surface area contributed by atoms with Crippen LogP contribution in [-0.4, -0.2) is 22.2 Å². The molecule has 0 saturated heterocycles. The minimum Gasteiger partial charge on any atom is -0.481 e. The van der Waals surface area contributed by atoms with E-state index in [1.54, 1.807) is 0 Å². The van der Waals surface area contributed by atoms with E-state index in [2.05, 4.69) is 0 Å². The van der Waals surface area contributed by atoms with E-state index >= 15 is 0 Å². The molecule has 1 rings (SSSR count). The Bertz CT molecular complexity index is 431. The summed E-state index contributed by atoms with van der Waals surface area (Å²) in [7, 11) is 0. The van der Waals surface area contributed by atoms with Crippen molar-refractivity contribution in [1.29, 1.82) is 0 Å². The van der Waals surface area contributed by atoms with Gasteiger partial charge in [0.25, 0.3) is 0 Å². The molecule has 1 atom stereocenters. The maximum atomic E-state index is 10.9. The smallest absolute Gasteiger partial charge is 0.311 e. The standard InChI is InChI=1S/C10H8Cl2O4/c11-7-2-1-5(3-8(7)12)6(10(15)16)4-9(13)14/h1-3,6H,4H2,(H,13,14)(H,15,16)/t6-/m0/s1. The normalized spacial score (nSPS) is 12.1. The number of rotatable bonds is 4. The molecule has 0 amide bonds. The second-order valence-corrected chi connectivity index (χ2v) is 3.98. The average Bonchev–Trinajstić information content (AvgIpc) is 2.18. The van der Waals surface area contributed by atoms with Crippen molar-refractivity contribution in [3.8, 4) is 0 Å². The number of carboxylic acids is 2. The zero-order valence-electron chi connectivity index (χ0n) is 7.98. The summed E-state index contributed by atoms with van der Waals surface area (Å²) in [6.45, 7) is 0. The molecule has 0 bridgehead atoms. The van der Waals surface area contributed by atoms with E-state index < -0.39 is 24.3 Å². The first-order valence-electron chi connectivity index (χ1n) is 4.31. The third kappa shape index (κ3) is 3.12. The molecule has 0 aliphatic heterocycles. The van der Waals surface area contributed by atoms with Crippen LogP contribution in [0.25, 0.3) is 0 Å². The van der Waals surface area contributed by atoms with E-state index in [4.69, 9.17) is 33.4 Å². The lowest BCUT2D eigenvalue weighted by molar-refractivity contribution is -0.145. The highest BCUT2D eigenvalue weighted by atomic mass is 35.5. The fourth-order valence-electron chi connectivity index (χ4n) is 1.25. The Morgan fingerprint density at radius 1 is 1.19 bits per heavy atom. The van der Waals surface area contributed by atoms with E-state index in [9.17, 15) is 9.59 Å². The van der Waals surface area contributed by atoms with Gasteiger partial charge in [-0.05, 0) is 17.7 Å². The van der Waals surface area contributed by atoms with E-state index in [0.29, 0.717) is 10.6 Å². The molecule has 86 valence electrons. The van der Waals surface area contributed by atoms with Gasteiger partial charge in [-0.2, -0.15) is 0 Å². The fraction of sp³-hybridized carbons (Fsp3) is 0.200. The molecule has 0 saturated carbocycles. The molecular weight excluding hydrogens is 255 g/mol. The molecule has 0 aliphatic rings. The molecule has 4 nitrogen and oxygen atoms in total. The van der Waals surface area contributed by atoms with Crippen molar-refractivity contribution in [2.45, 2.75) is 12.3 Å². The summed E-state index contributed by atoms with van der Waals surface area (Å²) in [5, 5.41) is 18.0. The van der Waals surface area contributed by atoms with Crippen LogP contribution in [-0.2, 0) is 9.59 Å². The molecule has 0 fully saturated rings. The van der Waals surface area contributed by atoms with Crippen LogP contribution in [0.2, 0.25) is 10.0 Å². The van der Waals surface area contributed by atoms with Crippen molar-refractivity contribution in [1.82, 2.24) is 0 Å². The molecule has 0 heterocycles. The maximum Gasteiger partial charge on any atom is 0.311 e. The highest BCUT2D eigenvalue weighted by molar-refractivity contribution is 6.42. The molecular formula is C10H8Cl2O4. The highest BCUT2D eigenvalue weighted by Crippen LogP contribution is 2.28. The predicted octanol–water partition coefficient (Wildman–Crippen LogP) is 2.64. The molecule has 2 N–H and O–H groups in total. The van der Waals surface area contributed by atoms with Gasteiger partial charge in [-0.1, -0.05) is 29.3 Å². The first-order valence-corrected chi connectivity index (χ1v) is 5.07. The minimum absolute atomic E-state index is 0.204. The summed E-state index contributed by atoms with van der Waals surface area (Å²) in [5.74, 6) is -3.51. The van der Waals surface area contributed by atoms with E-state index in [1.165, 1.54) is 18.2 Å². The number of hydrogen-bond donors (Lipinski definition) is 2. The second-order valence-electron chi connectivity index (χ2n) is 3.16. The summed E-state index contributed by atoms with van der Waals surface area (Å²) in [4.78, 5) is 21.4. The Hall–Kier alpha value is -1.26. The van der Waals surface area contributed by atoms with Gasteiger partial charge < -0.3 is 10.2 Å². The van der Waals surface area contributed by atoms with Crippen molar-refractivity contribution in [3.05, 3.63) is 33.8 Å². The van der Waals surface area contributed by atoms with E-state index in [0.717, 1.165) is 0 Å². The number of halogens is 2. The number of aliphatic carboxylic acids is 2. The molecule has 16 heavy (non-hydrogen) atoms. The monoisotopic (exact) mass is 262 g/mol. The predicted molar refractivity (Wildman–Crippen MR) is 59.1 cm³/mol. The fourth-order valence-corrected chi connectivity index (χ4v) is 1.56. The van der Waals surface area contributed by atoms with Gasteiger partial charge in [-0.3, -0.25) is 9.59 Å². The Kier molecular flexibility index (Phi) is 4.15. The van der Waals surface area contributed by atoms with Crippen LogP contribution in [0.15, 0.2) is 18.2 Å². The van der Waals surface area contributed by atoms with Crippen molar-refractivity contribution >= 4 is 35.1 Å². The Morgan fingerprint density at radius 3 is 2.25 bits per heavy atom. The van der Waals surface area contributed by atoms with Crippen molar-refractivity contribution in [2.24, 2.45) is 0 Å². The van der Waals surface area contributed by atoms with Gasteiger partial charge in [0, 0.05) is 0 Å². The second kappa shape index (κ2) is 5.18. The summed E-state index contributed by atoms with van der Waals surface area (Å²) < 4.78 is 0. The zero-order valence-corrected chi connectivity index (χ0v) is 9.50. The van der Waals surface area contributed by atoms with Crippen molar-refractivity contribution in [3.63, 3.8) is 0 Å². The Labute approximate surface area is 101 Å². The van der Waals surface area contributed by atoms with Crippen LogP contribution in [0.5, 0.6) is 0 Å². The van der Waals surface area contributed by atoms with Gasteiger partial charge in [-0.25, -0.2) is 0 Å². The van der Waals surface area contributed by atoms with Crippen LogP contribution in [0.4, 0.5) is 0 Å².